The molecule has 564 valence electrons. The normalized spacial score (nSPS) is 12.7. The molecule has 32 heteroatoms. The zero-order valence-electron chi connectivity index (χ0n) is 59.4. The number of amides is 10. The van der Waals surface area contributed by atoms with Gasteiger partial charge in [0.1, 0.15) is 37.2 Å². The number of benzene rings is 3. The van der Waals surface area contributed by atoms with Gasteiger partial charge in [0, 0.05) is 86.7 Å². The molecule has 3 atom stereocenters. The number of urea groups is 1. The van der Waals surface area contributed by atoms with Gasteiger partial charge in [-0.3, -0.25) is 28.8 Å². The first kappa shape index (κ1) is 83.8. The van der Waals surface area contributed by atoms with E-state index in [0.717, 1.165) is 22.4 Å². The fourth-order valence-corrected chi connectivity index (χ4v) is 10.3. The average Bonchev–Trinajstić information content (AvgIpc) is 1.60. The summed E-state index contributed by atoms with van der Waals surface area (Å²) < 4.78 is 68.6. The molecule has 3 aromatic carbocycles. The van der Waals surface area contributed by atoms with E-state index in [1.807, 2.05) is 43.3 Å². The number of aromatic amines is 1. The zero-order chi connectivity index (χ0) is 74.0. The van der Waals surface area contributed by atoms with E-state index >= 15 is 0 Å². The standard InChI is InChI=1S/C70H103FN12O19/c1-8-26-101-69(91)80-57(65(87)75-24-27-94-30-31-96-34-35-98-38-39-100-41-40-99-37-36-97-33-32-95-29-28-93-7)18-19-59(84)81-61(47(2)3)67(89)79-56(11-9-21-76-68(72)90)66(88)77-52-17-16-50(54(44-52)63(85)73-22-10-25-82(4)5)46-102-70(92)83(6)45-48-12-14-49(15-13-48)62-53-20-23-74-64(86)55-42-51(71)43-58(78-62)60(53)55/h8,12-17,42-44,47,56-57,61,78H,1,9-11,18-41,45-46H2,2-7H3,(H,73,85)(H,74,86)(H,75,87)(H,77,88)(H,79,89)(H,80,91)(H,81,84)(H3,72,76,90)/t56-,57-,61-/m0/s1. The van der Waals surface area contributed by atoms with Crippen LogP contribution in [0.25, 0.3) is 22.2 Å². The summed E-state index contributed by atoms with van der Waals surface area (Å²) in [5.41, 5.74) is 9.84. The first-order chi connectivity index (χ1) is 49.2. The summed E-state index contributed by atoms with van der Waals surface area (Å²) in [6.45, 7) is 13.8. The summed E-state index contributed by atoms with van der Waals surface area (Å²) in [6.07, 6.45) is 0.403. The molecule has 2 heterocycles. The van der Waals surface area contributed by atoms with Crippen LogP contribution in [0, 0.1) is 11.7 Å². The summed E-state index contributed by atoms with van der Waals surface area (Å²) in [5.74, 6) is -4.70. The fourth-order valence-electron chi connectivity index (χ4n) is 10.3. The number of carbonyl (C=O) groups is 9. The van der Waals surface area contributed by atoms with Crippen LogP contribution in [0.1, 0.15) is 83.4 Å². The quantitative estimate of drug-likeness (QED) is 0.0223. The van der Waals surface area contributed by atoms with Crippen molar-refractivity contribution in [1.82, 2.24) is 52.0 Å². The molecular weight excluding hydrogens is 1330 g/mol. The van der Waals surface area contributed by atoms with E-state index in [0.29, 0.717) is 128 Å². The van der Waals surface area contributed by atoms with Gasteiger partial charge in [-0.1, -0.05) is 56.8 Å². The summed E-state index contributed by atoms with van der Waals surface area (Å²) in [4.78, 5) is 127. The molecule has 11 N–H and O–H groups in total. The summed E-state index contributed by atoms with van der Waals surface area (Å²) in [6, 6.07) is 9.94. The number of nitrogens with two attached hydrogens (primary N) is 1. The molecule has 0 saturated heterocycles. The van der Waals surface area contributed by atoms with Crippen LogP contribution in [0.5, 0.6) is 0 Å². The van der Waals surface area contributed by atoms with E-state index in [4.69, 9.17) is 53.1 Å². The molecule has 31 nitrogen and oxygen atoms in total. The maximum absolute atomic E-state index is 14.5. The summed E-state index contributed by atoms with van der Waals surface area (Å²) in [5, 5.41) is 22.2. The van der Waals surface area contributed by atoms with Gasteiger partial charge < -0.3 is 110 Å². The number of hydrogen-bond donors (Lipinski definition) is 10. The highest BCUT2D eigenvalue weighted by atomic mass is 19.1. The van der Waals surface area contributed by atoms with Crippen LogP contribution in [0.15, 0.2) is 67.3 Å². The largest absolute Gasteiger partial charge is 0.445 e. The highest BCUT2D eigenvalue weighted by Crippen LogP contribution is 2.35. The molecule has 0 saturated carbocycles. The molecule has 1 aromatic heterocycles. The van der Waals surface area contributed by atoms with Crippen LogP contribution in [-0.4, -0.2) is 253 Å². The van der Waals surface area contributed by atoms with Crippen molar-refractivity contribution in [3.63, 3.8) is 0 Å². The average molecular weight is 1440 g/mol. The third-order valence-corrected chi connectivity index (χ3v) is 15.6. The number of carbonyl (C=O) groups excluding carboxylic acids is 9. The van der Waals surface area contributed by atoms with Gasteiger partial charge in [0.05, 0.1) is 105 Å². The van der Waals surface area contributed by atoms with Gasteiger partial charge in [-0.15, -0.1) is 0 Å². The number of halogens is 1. The Hall–Kier alpha value is -8.86. The van der Waals surface area contributed by atoms with Crippen molar-refractivity contribution in [3.05, 3.63) is 101 Å². The predicted molar refractivity (Wildman–Crippen MR) is 376 cm³/mol. The SMILES string of the molecule is C=CCOC(=O)N[C@@H](CCC(=O)N[C@H](C(=O)N[C@@H](CCCNC(N)=O)C(=O)Nc1ccc(COC(=O)N(C)Cc2ccc(-c3[nH]c4cc(F)cc5c4c3CCNC5=O)cc2)c(C(=O)NCCCN(C)C)c1)C(C)C)C(=O)NCCOCCOCCOCCOCCOCCOCCOCCOC. The summed E-state index contributed by atoms with van der Waals surface area (Å²) >= 11 is 0. The lowest BCUT2D eigenvalue weighted by Gasteiger charge is -2.26. The van der Waals surface area contributed by atoms with Gasteiger partial charge >= 0.3 is 18.2 Å². The second kappa shape index (κ2) is 47.3. The minimum absolute atomic E-state index is 0.0307. The van der Waals surface area contributed by atoms with Crippen molar-refractivity contribution in [2.24, 2.45) is 11.7 Å². The lowest BCUT2D eigenvalue weighted by molar-refractivity contribution is -0.132. The van der Waals surface area contributed by atoms with Crippen LogP contribution in [0.4, 0.5) is 24.5 Å². The van der Waals surface area contributed by atoms with E-state index in [-0.39, 0.29) is 101 Å². The van der Waals surface area contributed by atoms with Crippen LogP contribution < -0.4 is 48.3 Å². The summed E-state index contributed by atoms with van der Waals surface area (Å²) in [7, 11) is 6.97. The third-order valence-electron chi connectivity index (χ3n) is 15.6. The van der Waals surface area contributed by atoms with Crippen LogP contribution >= 0.6 is 0 Å². The first-order valence-electron chi connectivity index (χ1n) is 34.1. The molecule has 0 radical (unpaired) electrons. The number of nitrogens with zero attached hydrogens (tertiary/aromatic N) is 2. The van der Waals surface area contributed by atoms with Gasteiger partial charge in [0.15, 0.2) is 0 Å². The number of anilines is 1. The lowest BCUT2D eigenvalue weighted by atomic mass is 9.99. The molecule has 1 aliphatic rings. The van der Waals surface area contributed by atoms with Crippen molar-refractivity contribution in [1.29, 1.82) is 0 Å². The molecule has 0 bridgehead atoms. The number of aromatic nitrogens is 1. The highest BCUT2D eigenvalue weighted by Gasteiger charge is 2.31. The first-order valence-corrected chi connectivity index (χ1v) is 34.1. The number of hydrogen-bond acceptors (Lipinski definition) is 20. The van der Waals surface area contributed by atoms with Crippen LogP contribution in [-0.2, 0) is 86.1 Å². The second-order valence-electron chi connectivity index (χ2n) is 24.2. The van der Waals surface area contributed by atoms with Gasteiger partial charge in [-0.2, -0.15) is 0 Å². The third kappa shape index (κ3) is 31.2. The lowest BCUT2D eigenvalue weighted by Crippen LogP contribution is -2.55. The Morgan fingerprint density at radius 2 is 1.28 bits per heavy atom. The minimum atomic E-state index is -1.28. The monoisotopic (exact) mass is 1430 g/mol. The molecule has 0 unspecified atom stereocenters. The number of H-pyrrole nitrogens is 1. The molecule has 0 spiro atoms. The van der Waals surface area contributed by atoms with Crippen LogP contribution in [0.3, 0.4) is 0 Å². The van der Waals surface area contributed by atoms with E-state index < -0.39 is 77.6 Å². The number of alkyl carbamates (subject to hydrolysis) is 1. The zero-order valence-corrected chi connectivity index (χ0v) is 59.4. The molecule has 4 aromatic rings. The minimum Gasteiger partial charge on any atom is -0.445 e. The van der Waals surface area contributed by atoms with Crippen molar-refractivity contribution in [2.45, 2.75) is 83.6 Å². The smallest absolute Gasteiger partial charge is 0.410 e. The number of nitrogens with one attached hydrogen (secondary N) is 9. The van der Waals surface area contributed by atoms with Crippen LogP contribution in [0.2, 0.25) is 0 Å². The maximum Gasteiger partial charge on any atom is 0.410 e. The van der Waals surface area contributed by atoms with Gasteiger partial charge in [0.25, 0.3) is 11.8 Å². The molecule has 5 rings (SSSR count). The van der Waals surface area contributed by atoms with Gasteiger partial charge in [-0.05, 0) is 99.6 Å². The van der Waals surface area contributed by atoms with Gasteiger partial charge in [0.2, 0.25) is 23.6 Å². The Morgan fingerprint density at radius 3 is 1.88 bits per heavy atom. The number of primary amides is 1. The van der Waals surface area contributed by atoms with Crippen molar-refractivity contribution in [3.8, 4) is 11.3 Å². The molecule has 0 fully saturated rings. The van der Waals surface area contributed by atoms with E-state index in [1.165, 1.54) is 41.3 Å². The Balaban J connectivity index is 1.12. The van der Waals surface area contributed by atoms with Crippen molar-refractivity contribution in [2.75, 3.05) is 172 Å². The molecule has 10 amide bonds. The van der Waals surface area contributed by atoms with E-state index in [1.54, 1.807) is 28.0 Å². The number of ether oxygens (including phenoxy) is 10. The Morgan fingerprint density at radius 1 is 0.676 bits per heavy atom. The van der Waals surface area contributed by atoms with Crippen molar-refractivity contribution < 1.29 is 94.9 Å². The van der Waals surface area contributed by atoms with E-state index in [9.17, 15) is 47.5 Å². The molecule has 1 aliphatic heterocycles. The predicted octanol–water partition coefficient (Wildman–Crippen LogP) is 3.66. The topological polar surface area (TPSA) is 390 Å². The molecule has 0 aliphatic carbocycles. The Labute approximate surface area is 594 Å². The van der Waals surface area contributed by atoms with E-state index in [2.05, 4.69) is 54.1 Å². The Kier molecular flexibility index (Phi) is 38.9. The Bertz CT molecular complexity index is 3300. The molecular formula is C70H103FN12O19. The number of methoxy groups -OCH3 is 1. The molecule has 102 heavy (non-hydrogen) atoms. The number of rotatable bonds is 51. The highest BCUT2D eigenvalue weighted by molar-refractivity contribution is 6.10. The van der Waals surface area contributed by atoms with Gasteiger partial charge in [-0.25, -0.2) is 18.8 Å². The van der Waals surface area contributed by atoms with Crippen molar-refractivity contribution >= 4 is 70.3 Å². The second-order valence-corrected chi connectivity index (χ2v) is 24.2. The maximum atomic E-state index is 14.5. The fraction of sp³-hybridized carbons (Fsp3) is 0.557.